The van der Waals surface area contributed by atoms with E-state index in [4.69, 9.17) is 0 Å². The lowest BCUT2D eigenvalue weighted by Gasteiger charge is -2.11. The van der Waals surface area contributed by atoms with Gasteiger partial charge in [-0.15, -0.1) is 0 Å². The topological polar surface area (TPSA) is 29.1 Å². The fourth-order valence-corrected chi connectivity index (χ4v) is 2.06. The molecule has 2 rings (SSSR count). The molecule has 0 aliphatic carbocycles. The molecule has 2 nitrogen and oxygen atoms in total. The molecule has 16 heavy (non-hydrogen) atoms. The van der Waals surface area contributed by atoms with Gasteiger partial charge in [-0.2, -0.15) is 0 Å². The van der Waals surface area contributed by atoms with Gasteiger partial charge in [-0.1, -0.05) is 42.5 Å². The van der Waals surface area contributed by atoms with Gasteiger partial charge in [0, 0.05) is 5.57 Å². The summed E-state index contributed by atoms with van der Waals surface area (Å²) in [7, 11) is 0. The first kappa shape index (κ1) is 10.7. The predicted molar refractivity (Wildman–Crippen MR) is 64.8 cm³/mol. The number of nitrogens with one attached hydrogen (secondary N) is 1. The molecule has 0 aromatic heterocycles. The molecule has 1 atom stereocenters. The lowest BCUT2D eigenvalue weighted by atomic mass is 9.96. The zero-order valence-electron chi connectivity index (χ0n) is 9.58. The number of amides is 1. The second-order valence-corrected chi connectivity index (χ2v) is 4.22. The zero-order valence-corrected chi connectivity index (χ0v) is 9.58. The van der Waals surface area contributed by atoms with Gasteiger partial charge >= 0.3 is 0 Å². The molecule has 1 aromatic carbocycles. The number of carbonyl (C=O) groups is 1. The molecule has 2 heteroatoms. The molecule has 0 spiro atoms. The van der Waals surface area contributed by atoms with Gasteiger partial charge in [-0.25, -0.2) is 0 Å². The number of allylic oxidation sites excluding steroid dienone is 1. The lowest BCUT2D eigenvalue weighted by molar-refractivity contribution is -0.116. The van der Waals surface area contributed by atoms with Crippen LogP contribution in [0.25, 0.3) is 0 Å². The highest BCUT2D eigenvalue weighted by Gasteiger charge is 2.31. The molecular weight excluding hydrogens is 198 g/mol. The van der Waals surface area contributed by atoms with E-state index in [-0.39, 0.29) is 11.9 Å². The quantitative estimate of drug-likeness (QED) is 0.714. The van der Waals surface area contributed by atoms with E-state index < -0.39 is 0 Å². The average Bonchev–Trinajstić information content (AvgIpc) is 2.55. The Morgan fingerprint density at radius 2 is 1.88 bits per heavy atom. The van der Waals surface area contributed by atoms with Gasteiger partial charge in [0.05, 0.1) is 6.04 Å². The van der Waals surface area contributed by atoms with Gasteiger partial charge in [0.2, 0.25) is 0 Å². The van der Waals surface area contributed by atoms with Gasteiger partial charge in [0.25, 0.3) is 5.91 Å². The molecule has 1 aliphatic rings. The van der Waals surface area contributed by atoms with Crippen LogP contribution in [-0.4, -0.2) is 5.91 Å². The molecule has 1 N–H and O–H groups in total. The summed E-state index contributed by atoms with van der Waals surface area (Å²) >= 11 is 0. The van der Waals surface area contributed by atoms with Crippen molar-refractivity contribution >= 4 is 5.91 Å². The smallest absolute Gasteiger partial charge is 0.252 e. The van der Waals surface area contributed by atoms with Gasteiger partial charge in [0.15, 0.2) is 0 Å². The maximum absolute atomic E-state index is 11.8. The SMILES string of the molecule is C=C1C(=C(C)C)C(=O)N[C@H]1c1ccccc1. The molecule has 0 radical (unpaired) electrons. The molecule has 0 saturated carbocycles. The number of hydrogen-bond acceptors (Lipinski definition) is 1. The molecule has 1 aromatic rings. The van der Waals surface area contributed by atoms with Crippen LogP contribution in [0.2, 0.25) is 0 Å². The van der Waals surface area contributed by atoms with E-state index in [1.807, 2.05) is 44.2 Å². The standard InChI is InChI=1S/C14H15NO/c1-9(2)12-10(3)13(15-14(12)16)11-7-5-4-6-8-11/h4-8,13H,3H2,1-2H3,(H,15,16)/t13-/m1/s1. The van der Waals surface area contributed by atoms with Crippen LogP contribution >= 0.6 is 0 Å². The van der Waals surface area contributed by atoms with Crippen molar-refractivity contribution in [3.8, 4) is 0 Å². The normalized spacial score (nSPS) is 19.9. The van der Waals surface area contributed by atoms with E-state index in [2.05, 4.69) is 11.9 Å². The predicted octanol–water partition coefficient (Wildman–Crippen LogP) is 2.75. The molecule has 1 aliphatic heterocycles. The van der Waals surface area contributed by atoms with Crippen LogP contribution in [0.3, 0.4) is 0 Å². The van der Waals surface area contributed by atoms with Crippen LogP contribution < -0.4 is 5.32 Å². The zero-order chi connectivity index (χ0) is 11.7. The minimum Gasteiger partial charge on any atom is -0.341 e. The van der Waals surface area contributed by atoms with E-state index in [0.29, 0.717) is 0 Å². The highest BCUT2D eigenvalue weighted by molar-refractivity contribution is 6.02. The molecule has 82 valence electrons. The summed E-state index contributed by atoms with van der Waals surface area (Å²) in [5, 5.41) is 2.96. The fraction of sp³-hybridized carbons (Fsp3) is 0.214. The van der Waals surface area contributed by atoms with Crippen LogP contribution in [0, 0.1) is 0 Å². The average molecular weight is 213 g/mol. The summed E-state index contributed by atoms with van der Waals surface area (Å²) in [6, 6.07) is 9.84. The summed E-state index contributed by atoms with van der Waals surface area (Å²) in [5.74, 6) is -0.0150. The van der Waals surface area contributed by atoms with Crippen molar-refractivity contribution < 1.29 is 4.79 Å². The van der Waals surface area contributed by atoms with Crippen molar-refractivity contribution in [1.29, 1.82) is 0 Å². The van der Waals surface area contributed by atoms with E-state index in [9.17, 15) is 4.79 Å². The Morgan fingerprint density at radius 3 is 2.38 bits per heavy atom. The Hall–Kier alpha value is -1.83. The Labute approximate surface area is 95.7 Å². The Morgan fingerprint density at radius 1 is 1.25 bits per heavy atom. The Kier molecular flexibility index (Phi) is 2.65. The summed E-state index contributed by atoms with van der Waals surface area (Å²) in [6.07, 6.45) is 0. The van der Waals surface area contributed by atoms with Crippen LogP contribution in [0.1, 0.15) is 25.5 Å². The van der Waals surface area contributed by atoms with Crippen LogP contribution in [-0.2, 0) is 4.79 Å². The first-order valence-electron chi connectivity index (χ1n) is 5.33. The third-order valence-corrected chi connectivity index (χ3v) is 2.80. The lowest BCUT2D eigenvalue weighted by Crippen LogP contribution is -2.19. The number of benzene rings is 1. The second kappa shape index (κ2) is 3.97. The highest BCUT2D eigenvalue weighted by atomic mass is 16.2. The number of carbonyl (C=O) groups excluding carboxylic acids is 1. The summed E-state index contributed by atoms with van der Waals surface area (Å²) in [4.78, 5) is 11.8. The first-order chi connectivity index (χ1) is 7.61. The van der Waals surface area contributed by atoms with Crippen molar-refractivity contribution in [3.05, 3.63) is 59.2 Å². The highest BCUT2D eigenvalue weighted by Crippen LogP contribution is 2.33. The monoisotopic (exact) mass is 213 g/mol. The van der Waals surface area contributed by atoms with Crippen LogP contribution in [0.4, 0.5) is 0 Å². The van der Waals surface area contributed by atoms with Crippen molar-refractivity contribution in [1.82, 2.24) is 5.32 Å². The molecular formula is C14H15NO. The van der Waals surface area contributed by atoms with Gasteiger partial charge in [0.1, 0.15) is 0 Å². The third kappa shape index (κ3) is 1.67. The van der Waals surface area contributed by atoms with Crippen LogP contribution in [0.5, 0.6) is 0 Å². The van der Waals surface area contributed by atoms with Gasteiger partial charge in [-0.05, 0) is 25.0 Å². The fourth-order valence-electron chi connectivity index (χ4n) is 2.06. The van der Waals surface area contributed by atoms with Crippen molar-refractivity contribution in [2.24, 2.45) is 0 Å². The van der Waals surface area contributed by atoms with E-state index in [0.717, 1.165) is 22.3 Å². The van der Waals surface area contributed by atoms with Gasteiger partial charge < -0.3 is 5.32 Å². The number of hydrogen-bond donors (Lipinski definition) is 1. The minimum absolute atomic E-state index is 0.0150. The Bertz CT molecular complexity index is 467. The molecule has 1 heterocycles. The first-order valence-corrected chi connectivity index (χ1v) is 5.33. The molecule has 1 saturated heterocycles. The van der Waals surface area contributed by atoms with E-state index in [1.165, 1.54) is 0 Å². The Balaban J connectivity index is 2.40. The number of rotatable bonds is 1. The van der Waals surface area contributed by atoms with E-state index in [1.54, 1.807) is 0 Å². The maximum Gasteiger partial charge on any atom is 0.252 e. The molecule has 0 bridgehead atoms. The maximum atomic E-state index is 11.8. The molecule has 1 amide bonds. The summed E-state index contributed by atoms with van der Waals surface area (Å²) < 4.78 is 0. The van der Waals surface area contributed by atoms with Crippen molar-refractivity contribution in [3.63, 3.8) is 0 Å². The largest absolute Gasteiger partial charge is 0.341 e. The summed E-state index contributed by atoms with van der Waals surface area (Å²) in [6.45, 7) is 7.90. The molecule has 0 unspecified atom stereocenters. The van der Waals surface area contributed by atoms with E-state index >= 15 is 0 Å². The van der Waals surface area contributed by atoms with Crippen LogP contribution in [0.15, 0.2) is 53.6 Å². The second-order valence-electron chi connectivity index (χ2n) is 4.22. The van der Waals surface area contributed by atoms with Gasteiger partial charge in [-0.3, -0.25) is 4.79 Å². The summed E-state index contributed by atoms with van der Waals surface area (Å²) in [5.41, 5.74) is 3.71. The molecule has 1 fully saturated rings. The third-order valence-electron chi connectivity index (χ3n) is 2.80. The van der Waals surface area contributed by atoms with Crippen molar-refractivity contribution in [2.75, 3.05) is 0 Å². The van der Waals surface area contributed by atoms with Crippen molar-refractivity contribution in [2.45, 2.75) is 19.9 Å². The minimum atomic E-state index is -0.0707.